The summed E-state index contributed by atoms with van der Waals surface area (Å²) in [4.78, 5) is 17.1. The molecule has 4 aromatic rings. The van der Waals surface area contributed by atoms with Crippen LogP contribution in [0.4, 0.5) is 0 Å². The van der Waals surface area contributed by atoms with Gasteiger partial charge in [-0.1, -0.05) is 42.5 Å². The van der Waals surface area contributed by atoms with Crippen molar-refractivity contribution in [3.05, 3.63) is 72.6 Å². The fraction of sp³-hybridized carbons (Fsp3) is 0.250. The van der Waals surface area contributed by atoms with E-state index in [1.807, 2.05) is 59.2 Å². The molecule has 0 radical (unpaired) electrons. The Labute approximate surface area is 175 Å². The highest BCUT2D eigenvalue weighted by atomic mass is 16.5. The second-order valence-electron chi connectivity index (χ2n) is 7.10. The minimum atomic E-state index is -0.0544. The van der Waals surface area contributed by atoms with Gasteiger partial charge >= 0.3 is 0 Å². The fourth-order valence-corrected chi connectivity index (χ4v) is 3.46. The fourth-order valence-electron chi connectivity index (χ4n) is 3.46. The highest BCUT2D eigenvalue weighted by molar-refractivity contribution is 5.84. The molecular formula is C24H25N3O3. The Bertz CT molecular complexity index is 1150. The van der Waals surface area contributed by atoms with E-state index >= 15 is 0 Å². The summed E-state index contributed by atoms with van der Waals surface area (Å²) in [5.74, 6) is 1.44. The van der Waals surface area contributed by atoms with Gasteiger partial charge in [-0.05, 0) is 41.5 Å². The molecule has 1 amide bonds. The second kappa shape index (κ2) is 9.41. The van der Waals surface area contributed by atoms with E-state index in [1.54, 1.807) is 7.11 Å². The van der Waals surface area contributed by atoms with Crippen molar-refractivity contribution in [2.45, 2.75) is 19.6 Å². The lowest BCUT2D eigenvalue weighted by Crippen LogP contribution is -2.29. The van der Waals surface area contributed by atoms with E-state index in [1.165, 1.54) is 5.39 Å². The summed E-state index contributed by atoms with van der Waals surface area (Å²) in [7, 11) is 1.65. The predicted octanol–water partition coefficient (Wildman–Crippen LogP) is 3.92. The molecular weight excluding hydrogens is 378 g/mol. The number of imidazole rings is 1. The molecule has 1 aromatic heterocycles. The summed E-state index contributed by atoms with van der Waals surface area (Å²) in [6.45, 7) is 1.69. The van der Waals surface area contributed by atoms with Gasteiger partial charge in [-0.3, -0.25) is 4.79 Å². The van der Waals surface area contributed by atoms with Crippen LogP contribution in [0.1, 0.15) is 12.2 Å². The predicted molar refractivity (Wildman–Crippen MR) is 118 cm³/mol. The standard InChI is InChI=1S/C24H25N3O3/c1-29-14-6-13-25-24(28)16-27-22-10-5-4-9-21(22)26-23(27)17-30-20-12-11-18-7-2-3-8-19(18)15-20/h2-5,7-12,15H,6,13-14,16-17H2,1H3,(H,25,28). The molecule has 1 N–H and O–H groups in total. The number of fused-ring (bicyclic) bond motifs is 2. The quantitative estimate of drug-likeness (QED) is 0.430. The lowest BCUT2D eigenvalue weighted by atomic mass is 10.1. The van der Waals surface area contributed by atoms with Gasteiger partial charge in [0.1, 0.15) is 24.7 Å². The molecule has 0 fully saturated rings. The Morgan fingerprint density at radius 1 is 1.03 bits per heavy atom. The van der Waals surface area contributed by atoms with Crippen molar-refractivity contribution >= 4 is 27.7 Å². The van der Waals surface area contributed by atoms with Crippen molar-refractivity contribution in [3.8, 4) is 5.75 Å². The normalized spacial score (nSPS) is 11.1. The molecule has 0 aliphatic rings. The van der Waals surface area contributed by atoms with Gasteiger partial charge in [-0.15, -0.1) is 0 Å². The number of ether oxygens (including phenoxy) is 2. The number of nitrogens with zero attached hydrogens (tertiary/aromatic N) is 2. The third kappa shape index (κ3) is 4.60. The average molecular weight is 403 g/mol. The molecule has 0 saturated carbocycles. The van der Waals surface area contributed by atoms with Crippen LogP contribution >= 0.6 is 0 Å². The number of hydrogen-bond donors (Lipinski definition) is 1. The largest absolute Gasteiger partial charge is 0.486 e. The molecule has 0 spiro atoms. The SMILES string of the molecule is COCCCNC(=O)Cn1c(COc2ccc3ccccc3c2)nc2ccccc21. The maximum Gasteiger partial charge on any atom is 0.240 e. The third-order valence-corrected chi connectivity index (χ3v) is 4.97. The van der Waals surface area contributed by atoms with Crippen molar-refractivity contribution in [3.63, 3.8) is 0 Å². The number of aromatic nitrogens is 2. The Balaban J connectivity index is 1.51. The van der Waals surface area contributed by atoms with Gasteiger partial charge in [0.05, 0.1) is 11.0 Å². The van der Waals surface area contributed by atoms with Crippen LogP contribution in [0.2, 0.25) is 0 Å². The zero-order valence-electron chi connectivity index (χ0n) is 17.0. The van der Waals surface area contributed by atoms with Gasteiger partial charge in [0, 0.05) is 20.3 Å². The summed E-state index contributed by atoms with van der Waals surface area (Å²) in [5.41, 5.74) is 1.77. The molecule has 0 atom stereocenters. The number of methoxy groups -OCH3 is 1. The Morgan fingerprint density at radius 2 is 1.83 bits per heavy atom. The van der Waals surface area contributed by atoms with Gasteiger partial charge < -0.3 is 19.4 Å². The lowest BCUT2D eigenvalue weighted by molar-refractivity contribution is -0.121. The van der Waals surface area contributed by atoms with E-state index < -0.39 is 0 Å². The molecule has 30 heavy (non-hydrogen) atoms. The first-order valence-electron chi connectivity index (χ1n) is 10.1. The lowest BCUT2D eigenvalue weighted by Gasteiger charge is -2.11. The molecule has 154 valence electrons. The van der Waals surface area contributed by atoms with Gasteiger partial charge in [0.15, 0.2) is 0 Å². The van der Waals surface area contributed by atoms with Gasteiger partial charge in [0.25, 0.3) is 0 Å². The van der Waals surface area contributed by atoms with E-state index in [4.69, 9.17) is 14.5 Å². The van der Waals surface area contributed by atoms with Crippen LogP contribution in [0.15, 0.2) is 66.7 Å². The summed E-state index contributed by atoms with van der Waals surface area (Å²) in [6.07, 6.45) is 0.783. The highest BCUT2D eigenvalue weighted by Crippen LogP contribution is 2.22. The first-order valence-corrected chi connectivity index (χ1v) is 10.1. The topological polar surface area (TPSA) is 65.4 Å². The first kappa shape index (κ1) is 19.9. The first-order chi connectivity index (χ1) is 14.7. The van der Waals surface area contributed by atoms with Crippen LogP contribution in [-0.2, 0) is 22.7 Å². The Hall–Kier alpha value is -3.38. The molecule has 1 heterocycles. The summed E-state index contributed by atoms with van der Waals surface area (Å²) >= 11 is 0. The van der Waals surface area contributed by atoms with Crippen molar-refractivity contribution < 1.29 is 14.3 Å². The minimum Gasteiger partial charge on any atom is -0.486 e. The van der Waals surface area contributed by atoms with E-state index in [2.05, 4.69) is 17.4 Å². The number of carbonyl (C=O) groups is 1. The summed E-state index contributed by atoms with van der Waals surface area (Å²) in [6, 6.07) is 22.0. The number of nitrogens with one attached hydrogen (secondary N) is 1. The Kier molecular flexibility index (Phi) is 6.25. The van der Waals surface area contributed by atoms with E-state index in [-0.39, 0.29) is 19.1 Å². The number of para-hydroxylation sites is 2. The number of rotatable bonds is 9. The van der Waals surface area contributed by atoms with Crippen LogP contribution in [0, 0.1) is 0 Å². The van der Waals surface area contributed by atoms with Gasteiger partial charge in [-0.2, -0.15) is 0 Å². The monoisotopic (exact) mass is 403 g/mol. The van der Waals surface area contributed by atoms with Crippen LogP contribution < -0.4 is 10.1 Å². The highest BCUT2D eigenvalue weighted by Gasteiger charge is 2.14. The molecule has 0 aliphatic heterocycles. The van der Waals surface area contributed by atoms with Crippen LogP contribution in [0.3, 0.4) is 0 Å². The van der Waals surface area contributed by atoms with E-state index in [9.17, 15) is 4.79 Å². The number of hydrogen-bond acceptors (Lipinski definition) is 4. The van der Waals surface area contributed by atoms with Crippen LogP contribution in [0.5, 0.6) is 5.75 Å². The average Bonchev–Trinajstić information content (AvgIpc) is 3.12. The third-order valence-electron chi connectivity index (χ3n) is 4.97. The molecule has 6 nitrogen and oxygen atoms in total. The zero-order valence-corrected chi connectivity index (χ0v) is 17.0. The number of carbonyl (C=O) groups excluding carboxylic acids is 1. The van der Waals surface area contributed by atoms with Crippen molar-refractivity contribution in [1.29, 1.82) is 0 Å². The molecule has 0 aliphatic carbocycles. The van der Waals surface area contributed by atoms with Crippen molar-refractivity contribution in [2.24, 2.45) is 0 Å². The number of amides is 1. The molecule has 6 heteroatoms. The van der Waals surface area contributed by atoms with Crippen LogP contribution in [0.25, 0.3) is 21.8 Å². The summed E-state index contributed by atoms with van der Waals surface area (Å²) < 4.78 is 13.0. The maximum absolute atomic E-state index is 12.4. The number of benzene rings is 3. The van der Waals surface area contributed by atoms with Crippen molar-refractivity contribution in [2.75, 3.05) is 20.3 Å². The van der Waals surface area contributed by atoms with E-state index in [0.717, 1.165) is 34.4 Å². The molecule has 0 bridgehead atoms. The zero-order chi connectivity index (χ0) is 20.8. The van der Waals surface area contributed by atoms with Crippen molar-refractivity contribution in [1.82, 2.24) is 14.9 Å². The van der Waals surface area contributed by atoms with E-state index in [0.29, 0.717) is 13.2 Å². The molecule has 3 aromatic carbocycles. The van der Waals surface area contributed by atoms with Gasteiger partial charge in [-0.25, -0.2) is 4.98 Å². The van der Waals surface area contributed by atoms with Gasteiger partial charge in [0.2, 0.25) is 5.91 Å². The second-order valence-corrected chi connectivity index (χ2v) is 7.10. The minimum absolute atomic E-state index is 0.0544. The molecule has 4 rings (SSSR count). The Morgan fingerprint density at radius 3 is 2.70 bits per heavy atom. The summed E-state index contributed by atoms with van der Waals surface area (Å²) in [5, 5.41) is 5.23. The maximum atomic E-state index is 12.4. The molecule has 0 saturated heterocycles. The van der Waals surface area contributed by atoms with Crippen LogP contribution in [-0.4, -0.2) is 35.7 Å². The smallest absolute Gasteiger partial charge is 0.240 e. The molecule has 0 unspecified atom stereocenters.